The van der Waals surface area contributed by atoms with Gasteiger partial charge >= 0.3 is 0 Å². The van der Waals surface area contributed by atoms with E-state index in [0.717, 1.165) is 61.3 Å². The highest BCUT2D eigenvalue weighted by atomic mass is 35.5. The lowest BCUT2D eigenvalue weighted by Crippen LogP contribution is -2.48. The predicted molar refractivity (Wildman–Crippen MR) is 209 cm³/mol. The second kappa shape index (κ2) is 15.1. The van der Waals surface area contributed by atoms with Gasteiger partial charge < -0.3 is 19.9 Å². The van der Waals surface area contributed by atoms with Gasteiger partial charge in [-0.25, -0.2) is 0 Å². The van der Waals surface area contributed by atoms with Gasteiger partial charge in [0.15, 0.2) is 0 Å². The number of nitrogens with one attached hydrogen (secondary N) is 1. The Labute approximate surface area is 310 Å². The van der Waals surface area contributed by atoms with E-state index in [9.17, 15) is 4.79 Å². The van der Waals surface area contributed by atoms with E-state index in [1.807, 2.05) is 6.07 Å². The Morgan fingerprint density at radius 1 is 0.700 bits per heavy atom. The summed E-state index contributed by atoms with van der Waals surface area (Å²) < 4.78 is 7.02. The van der Waals surface area contributed by atoms with Crippen LogP contribution < -0.4 is 15.1 Å². The van der Waals surface area contributed by atoms with Crippen molar-refractivity contribution >= 4 is 40.5 Å². The lowest BCUT2D eigenvalue weighted by Gasteiger charge is -2.47. The minimum atomic E-state index is -0.799. The normalized spacial score (nSPS) is 18.7. The molecule has 7 rings (SSSR count). The summed E-state index contributed by atoms with van der Waals surface area (Å²) in [4.78, 5) is 18.3. The summed E-state index contributed by atoms with van der Waals surface area (Å²) in [5, 5.41) is 3.61. The molecule has 1 aliphatic carbocycles. The van der Waals surface area contributed by atoms with Gasteiger partial charge in [-0.1, -0.05) is 103 Å². The number of amides is 1. The first-order valence-corrected chi connectivity index (χ1v) is 20.2. The van der Waals surface area contributed by atoms with Crippen molar-refractivity contribution in [2.45, 2.75) is 120 Å². The Hall–Kier alpha value is -2.73. The Balaban J connectivity index is 1.11. The molecule has 5 nitrogen and oxygen atoms in total. The molecule has 2 fully saturated rings. The molecule has 0 atom stereocenters. The van der Waals surface area contributed by atoms with Crippen molar-refractivity contribution in [3.05, 3.63) is 93.5 Å². The van der Waals surface area contributed by atoms with Crippen LogP contribution in [0.4, 0.5) is 11.4 Å². The number of halogens is 2. The zero-order valence-corrected chi connectivity index (χ0v) is 31.9. The number of unbranched alkanes of at least 4 members (excludes halogenated alkanes) is 10. The second-order valence-electron chi connectivity index (χ2n) is 15.7. The van der Waals surface area contributed by atoms with Crippen molar-refractivity contribution in [2.24, 2.45) is 0 Å². The molecule has 268 valence electrons. The van der Waals surface area contributed by atoms with Crippen LogP contribution in [0.3, 0.4) is 0 Å². The highest BCUT2D eigenvalue weighted by Crippen LogP contribution is 2.58. The number of nitrogens with zero attached hydrogens (tertiary/aromatic N) is 2. The third-order valence-electron chi connectivity index (χ3n) is 11.8. The highest BCUT2D eigenvalue weighted by Gasteiger charge is 2.53. The molecular formula is C43H55Cl2N3O2. The summed E-state index contributed by atoms with van der Waals surface area (Å²) in [6, 6.07) is 19.9. The summed E-state index contributed by atoms with van der Waals surface area (Å²) in [5.41, 5.74) is 9.08. The summed E-state index contributed by atoms with van der Waals surface area (Å²) in [6.45, 7) is 11.6. The molecular weight excluding hydrogens is 661 g/mol. The van der Waals surface area contributed by atoms with Crippen LogP contribution in [-0.2, 0) is 22.4 Å². The largest absolute Gasteiger partial charge is 0.368 e. The maximum absolute atomic E-state index is 13.6. The van der Waals surface area contributed by atoms with Crippen LogP contribution in [0.15, 0.2) is 54.6 Å². The van der Waals surface area contributed by atoms with Gasteiger partial charge in [-0.15, -0.1) is 23.2 Å². The van der Waals surface area contributed by atoms with Crippen molar-refractivity contribution in [2.75, 3.05) is 42.5 Å². The van der Waals surface area contributed by atoms with Gasteiger partial charge in [0.2, 0.25) is 0 Å². The van der Waals surface area contributed by atoms with Crippen LogP contribution in [0.1, 0.15) is 135 Å². The van der Waals surface area contributed by atoms with Gasteiger partial charge in [0, 0.05) is 55.1 Å². The summed E-state index contributed by atoms with van der Waals surface area (Å²) >= 11 is 12.8. The zero-order valence-electron chi connectivity index (χ0n) is 30.3. The first kappa shape index (κ1) is 35.7. The van der Waals surface area contributed by atoms with E-state index in [0.29, 0.717) is 18.7 Å². The second-order valence-corrected chi connectivity index (χ2v) is 17.0. The summed E-state index contributed by atoms with van der Waals surface area (Å²) in [6.07, 6.45) is 14.3. The molecule has 3 aromatic carbocycles. The number of hydrogen-bond donors (Lipinski definition) is 1. The Kier molecular flexibility index (Phi) is 10.8. The molecule has 2 saturated heterocycles. The molecule has 50 heavy (non-hydrogen) atoms. The molecule has 0 unspecified atom stereocenters. The van der Waals surface area contributed by atoms with Crippen LogP contribution in [0, 0.1) is 0 Å². The van der Waals surface area contributed by atoms with Crippen LogP contribution in [0.5, 0.6) is 0 Å². The minimum Gasteiger partial charge on any atom is -0.368 e. The number of anilines is 2. The van der Waals surface area contributed by atoms with Crippen molar-refractivity contribution in [1.29, 1.82) is 0 Å². The molecule has 0 bridgehead atoms. The maximum atomic E-state index is 13.6. The van der Waals surface area contributed by atoms with Crippen molar-refractivity contribution in [3.63, 3.8) is 0 Å². The number of ether oxygens (including phenoxy) is 1. The van der Waals surface area contributed by atoms with Gasteiger partial charge in [0.1, 0.15) is 5.60 Å². The molecule has 4 aliphatic rings. The number of carbonyl (C=O) groups excluding carboxylic acids is 1. The van der Waals surface area contributed by atoms with Gasteiger partial charge in [-0.05, 0) is 76.2 Å². The molecule has 7 heteroatoms. The number of alkyl halides is 2. The third kappa shape index (κ3) is 6.79. The van der Waals surface area contributed by atoms with Crippen LogP contribution in [-0.4, -0.2) is 49.4 Å². The third-order valence-corrected chi connectivity index (χ3v) is 12.3. The number of hydrogen-bond acceptors (Lipinski definition) is 4. The Morgan fingerprint density at radius 2 is 1.22 bits per heavy atom. The van der Waals surface area contributed by atoms with E-state index in [4.69, 9.17) is 27.9 Å². The smallest absolute Gasteiger partial charge is 0.251 e. The minimum absolute atomic E-state index is 0.00830. The topological polar surface area (TPSA) is 44.8 Å². The fraction of sp³-hybridized carbons (Fsp3) is 0.558. The van der Waals surface area contributed by atoms with Crippen LogP contribution in [0.25, 0.3) is 0 Å². The van der Waals surface area contributed by atoms with Gasteiger partial charge in [-0.3, -0.25) is 4.79 Å². The number of rotatable bonds is 15. The summed E-state index contributed by atoms with van der Waals surface area (Å²) in [7, 11) is 0. The van der Waals surface area contributed by atoms with E-state index >= 15 is 0 Å². The standard InChI is InChI=1S/C43H55Cl2N3O2/c1-4-5-6-7-8-9-10-11-12-13-14-21-46-41(49)30-15-16-31-29-50-43(38(31)22-30)36-19-17-34(47-25-32(44)26-47)23-39(36)42(2,3)40-24-35(18-20-37(40)43)48-27-33(45)28-48/h15-20,22-24,32-33H,4-14,21,25-29H2,1-3H3,(H,46,49). The molecule has 1 N–H and O–H groups in total. The zero-order chi connectivity index (χ0) is 34.9. The number of benzene rings is 3. The van der Waals surface area contributed by atoms with Gasteiger partial charge in [0.25, 0.3) is 5.91 Å². The fourth-order valence-electron chi connectivity index (χ4n) is 8.64. The lowest BCUT2D eigenvalue weighted by molar-refractivity contribution is 0.0219. The van der Waals surface area contributed by atoms with Crippen molar-refractivity contribution in [3.8, 4) is 0 Å². The number of carbonyl (C=O) groups is 1. The van der Waals surface area contributed by atoms with Gasteiger partial charge in [-0.2, -0.15) is 0 Å². The predicted octanol–water partition coefficient (Wildman–Crippen LogP) is 10.0. The SMILES string of the molecule is CCCCCCCCCCCCCNC(=O)c1ccc2c(c1)C1(OC2)c2ccc(N3CC(Cl)C3)cc2C(C)(C)c2cc(N3CC(Cl)C3)ccc21. The highest BCUT2D eigenvalue weighted by molar-refractivity contribution is 6.22. The van der Waals surface area contributed by atoms with Crippen LogP contribution in [0.2, 0.25) is 0 Å². The monoisotopic (exact) mass is 715 g/mol. The first-order chi connectivity index (χ1) is 24.2. The maximum Gasteiger partial charge on any atom is 0.251 e. The summed E-state index contributed by atoms with van der Waals surface area (Å²) in [5.74, 6) is -0.00830. The first-order valence-electron chi connectivity index (χ1n) is 19.4. The molecule has 3 heterocycles. The van der Waals surface area contributed by atoms with E-state index in [-0.39, 0.29) is 22.1 Å². The molecule has 0 aromatic heterocycles. The molecule has 0 saturated carbocycles. The number of fused-ring (bicyclic) bond motifs is 6. The molecule has 0 radical (unpaired) electrons. The average Bonchev–Trinajstić information content (AvgIpc) is 3.47. The average molecular weight is 717 g/mol. The van der Waals surface area contributed by atoms with E-state index in [1.54, 1.807) is 0 Å². The van der Waals surface area contributed by atoms with Gasteiger partial charge in [0.05, 0.1) is 17.4 Å². The Bertz CT molecular complexity index is 1610. The Morgan fingerprint density at radius 3 is 1.74 bits per heavy atom. The van der Waals surface area contributed by atoms with E-state index in [1.165, 1.54) is 80.3 Å². The molecule has 3 aliphatic heterocycles. The van der Waals surface area contributed by atoms with Crippen molar-refractivity contribution < 1.29 is 9.53 Å². The van der Waals surface area contributed by atoms with E-state index in [2.05, 4.69) is 84.4 Å². The quantitative estimate of drug-likeness (QED) is 0.126. The fourth-order valence-corrected chi connectivity index (χ4v) is 9.31. The van der Waals surface area contributed by atoms with Crippen molar-refractivity contribution in [1.82, 2.24) is 5.32 Å². The van der Waals surface area contributed by atoms with Crippen LogP contribution >= 0.6 is 23.2 Å². The molecule has 3 aromatic rings. The lowest BCUT2D eigenvalue weighted by atomic mass is 9.61. The molecule has 1 spiro atoms. The molecule has 1 amide bonds. The van der Waals surface area contributed by atoms with E-state index < -0.39 is 5.60 Å².